The van der Waals surface area contributed by atoms with Crippen LogP contribution < -0.4 is 0 Å². The van der Waals surface area contributed by atoms with Crippen LogP contribution >= 0.6 is 0 Å². The molecule has 21 heavy (non-hydrogen) atoms. The van der Waals surface area contributed by atoms with Crippen molar-refractivity contribution in [2.24, 2.45) is 0 Å². The summed E-state index contributed by atoms with van der Waals surface area (Å²) in [6, 6.07) is 4.57. The van der Waals surface area contributed by atoms with Gasteiger partial charge in [-0.2, -0.15) is 0 Å². The maximum Gasteiger partial charge on any atom is 0.307 e. The van der Waals surface area contributed by atoms with Crippen LogP contribution in [0.4, 0.5) is 0 Å². The van der Waals surface area contributed by atoms with E-state index in [-0.39, 0.29) is 17.3 Å². The van der Waals surface area contributed by atoms with Gasteiger partial charge in [-0.15, -0.1) is 0 Å². The van der Waals surface area contributed by atoms with Crippen LogP contribution in [0.1, 0.15) is 69.2 Å². The van der Waals surface area contributed by atoms with Crippen molar-refractivity contribution < 1.29 is 9.90 Å². The van der Waals surface area contributed by atoms with E-state index in [2.05, 4.69) is 46.8 Å². The molecule has 0 atom stereocenters. The molecule has 0 spiro atoms. The first-order valence-corrected chi connectivity index (χ1v) is 7.67. The van der Waals surface area contributed by atoms with Gasteiger partial charge in [0, 0.05) is 0 Å². The van der Waals surface area contributed by atoms with E-state index in [0.717, 1.165) is 5.56 Å². The summed E-state index contributed by atoms with van der Waals surface area (Å²) in [7, 11) is 0. The monoisotopic (exact) mass is 286 g/mol. The lowest BCUT2D eigenvalue weighted by Gasteiger charge is -2.42. The van der Waals surface area contributed by atoms with E-state index in [1.54, 1.807) is 6.08 Å². The Balaban J connectivity index is 2.49. The summed E-state index contributed by atoms with van der Waals surface area (Å²) in [6.07, 6.45) is 6.15. The maximum absolute atomic E-state index is 10.6. The number of benzene rings is 1. The van der Waals surface area contributed by atoms with Crippen LogP contribution in [0.25, 0.3) is 6.08 Å². The zero-order valence-corrected chi connectivity index (χ0v) is 13.8. The number of hydrogen-bond acceptors (Lipinski definition) is 1. The number of aryl methyl sites for hydroxylation is 1. The second-order valence-electron chi connectivity index (χ2n) is 7.52. The molecular formula is C19H26O2. The van der Waals surface area contributed by atoms with E-state index in [4.69, 9.17) is 5.11 Å². The summed E-state index contributed by atoms with van der Waals surface area (Å²) in [5.41, 5.74) is 5.64. The predicted octanol–water partition coefficient (Wildman–Crippen LogP) is 4.83. The highest BCUT2D eigenvalue weighted by atomic mass is 16.4. The van der Waals surface area contributed by atoms with Crippen molar-refractivity contribution in [2.75, 3.05) is 0 Å². The predicted molar refractivity (Wildman–Crippen MR) is 87.8 cm³/mol. The second-order valence-corrected chi connectivity index (χ2v) is 7.52. The summed E-state index contributed by atoms with van der Waals surface area (Å²) in [4.78, 5) is 10.6. The molecule has 1 aliphatic carbocycles. The SMILES string of the molecule is Cc1cc2c(cc1C=CCC(=O)O)C(C)(C)CCC2(C)C. The minimum absolute atomic E-state index is 0.0748. The van der Waals surface area contributed by atoms with Gasteiger partial charge in [0.05, 0.1) is 6.42 Å². The number of hydrogen-bond donors (Lipinski definition) is 1. The molecule has 1 aromatic carbocycles. The zero-order chi connectivity index (χ0) is 15.8. The second kappa shape index (κ2) is 5.32. The van der Waals surface area contributed by atoms with Crippen molar-refractivity contribution >= 4 is 12.0 Å². The van der Waals surface area contributed by atoms with Crippen molar-refractivity contribution in [1.82, 2.24) is 0 Å². The molecule has 0 saturated carbocycles. The van der Waals surface area contributed by atoms with Crippen LogP contribution in [0.5, 0.6) is 0 Å². The van der Waals surface area contributed by atoms with Crippen LogP contribution in [-0.4, -0.2) is 11.1 Å². The molecule has 0 amide bonds. The fraction of sp³-hybridized carbons (Fsp3) is 0.526. The third-order valence-corrected chi connectivity index (χ3v) is 4.83. The van der Waals surface area contributed by atoms with Gasteiger partial charge in [-0.3, -0.25) is 4.79 Å². The summed E-state index contributed by atoms with van der Waals surface area (Å²) in [5.74, 6) is -0.789. The van der Waals surface area contributed by atoms with E-state index in [9.17, 15) is 4.79 Å². The van der Waals surface area contributed by atoms with Crippen LogP contribution in [0.2, 0.25) is 0 Å². The van der Waals surface area contributed by atoms with Crippen molar-refractivity contribution in [3.63, 3.8) is 0 Å². The van der Waals surface area contributed by atoms with Gasteiger partial charge in [0.25, 0.3) is 0 Å². The van der Waals surface area contributed by atoms with Gasteiger partial charge in [-0.1, -0.05) is 52.0 Å². The molecule has 1 N–H and O–H groups in total. The first-order valence-electron chi connectivity index (χ1n) is 7.67. The highest BCUT2D eigenvalue weighted by Gasteiger charge is 2.37. The third kappa shape index (κ3) is 3.20. The highest BCUT2D eigenvalue weighted by Crippen LogP contribution is 2.46. The largest absolute Gasteiger partial charge is 0.481 e. The molecule has 0 aliphatic heterocycles. The normalized spacial score (nSPS) is 19.5. The van der Waals surface area contributed by atoms with Gasteiger partial charge in [0.2, 0.25) is 0 Å². The Hall–Kier alpha value is -1.57. The molecule has 0 saturated heterocycles. The highest BCUT2D eigenvalue weighted by molar-refractivity contribution is 5.71. The molecule has 0 radical (unpaired) electrons. The Bertz CT molecular complexity index is 592. The van der Waals surface area contributed by atoms with E-state index in [1.807, 2.05) is 6.08 Å². The van der Waals surface area contributed by atoms with Crippen molar-refractivity contribution in [3.05, 3.63) is 40.5 Å². The van der Waals surface area contributed by atoms with E-state index < -0.39 is 5.97 Å². The number of aliphatic carboxylic acids is 1. The van der Waals surface area contributed by atoms with Crippen LogP contribution in [0, 0.1) is 6.92 Å². The molecule has 0 bridgehead atoms. The average molecular weight is 286 g/mol. The van der Waals surface area contributed by atoms with Crippen molar-refractivity contribution in [3.8, 4) is 0 Å². The van der Waals surface area contributed by atoms with Gasteiger partial charge in [0.15, 0.2) is 0 Å². The van der Waals surface area contributed by atoms with Gasteiger partial charge in [0.1, 0.15) is 0 Å². The molecule has 2 heteroatoms. The number of carbonyl (C=O) groups is 1. The molecule has 1 aromatic rings. The lowest BCUT2D eigenvalue weighted by Crippen LogP contribution is -2.34. The molecule has 2 rings (SSSR count). The molecule has 0 fully saturated rings. The van der Waals surface area contributed by atoms with E-state index in [0.29, 0.717) is 0 Å². The van der Waals surface area contributed by atoms with E-state index in [1.165, 1.54) is 29.5 Å². The van der Waals surface area contributed by atoms with E-state index >= 15 is 0 Å². The average Bonchev–Trinajstić information content (AvgIpc) is 2.36. The van der Waals surface area contributed by atoms with Gasteiger partial charge >= 0.3 is 5.97 Å². The molecule has 0 heterocycles. The Morgan fingerprint density at radius 1 is 1.14 bits per heavy atom. The molecular weight excluding hydrogens is 260 g/mol. The molecule has 114 valence electrons. The summed E-state index contributed by atoms with van der Waals surface area (Å²) < 4.78 is 0. The Morgan fingerprint density at radius 2 is 1.67 bits per heavy atom. The first-order chi connectivity index (χ1) is 9.63. The van der Waals surface area contributed by atoms with Gasteiger partial charge < -0.3 is 5.11 Å². The standard InChI is InChI=1S/C19H26O2/c1-13-11-15-16(12-14(13)7-6-8-17(20)21)19(4,5)10-9-18(15,2)3/h6-7,11-12H,8-10H2,1-5H3,(H,20,21). The van der Waals surface area contributed by atoms with Gasteiger partial charge in [-0.25, -0.2) is 0 Å². The third-order valence-electron chi connectivity index (χ3n) is 4.83. The van der Waals surface area contributed by atoms with Crippen molar-refractivity contribution in [2.45, 2.75) is 64.7 Å². The maximum atomic E-state index is 10.6. The lowest BCUT2D eigenvalue weighted by atomic mass is 9.62. The summed E-state index contributed by atoms with van der Waals surface area (Å²) >= 11 is 0. The van der Waals surface area contributed by atoms with Crippen LogP contribution in [0.3, 0.4) is 0 Å². The van der Waals surface area contributed by atoms with Gasteiger partial charge in [-0.05, 0) is 52.8 Å². The number of fused-ring (bicyclic) bond motifs is 1. The Morgan fingerprint density at radius 3 is 2.19 bits per heavy atom. The fourth-order valence-electron chi connectivity index (χ4n) is 3.21. The molecule has 0 unspecified atom stereocenters. The number of rotatable bonds is 3. The summed E-state index contributed by atoms with van der Waals surface area (Å²) in [5, 5.41) is 8.75. The van der Waals surface area contributed by atoms with Crippen LogP contribution in [0.15, 0.2) is 18.2 Å². The summed E-state index contributed by atoms with van der Waals surface area (Å²) in [6.45, 7) is 11.4. The molecule has 2 nitrogen and oxygen atoms in total. The zero-order valence-electron chi connectivity index (χ0n) is 13.8. The number of carboxylic acids is 1. The minimum Gasteiger partial charge on any atom is -0.481 e. The first kappa shape index (κ1) is 15.8. The molecule has 1 aliphatic rings. The fourth-order valence-corrected chi connectivity index (χ4v) is 3.21. The Kier molecular flexibility index (Phi) is 4.01. The lowest BCUT2D eigenvalue weighted by molar-refractivity contribution is -0.135. The van der Waals surface area contributed by atoms with Crippen LogP contribution in [-0.2, 0) is 15.6 Å². The molecule has 0 aromatic heterocycles. The quantitative estimate of drug-likeness (QED) is 0.864. The topological polar surface area (TPSA) is 37.3 Å². The van der Waals surface area contributed by atoms with Crippen molar-refractivity contribution in [1.29, 1.82) is 0 Å². The number of carboxylic acid groups (broad SMARTS) is 1. The smallest absolute Gasteiger partial charge is 0.307 e. The minimum atomic E-state index is -0.789. The Labute approximate surface area is 127 Å².